The topological polar surface area (TPSA) is 53.7 Å². The van der Waals surface area contributed by atoms with Crippen molar-refractivity contribution in [1.82, 2.24) is 0 Å². The maximum absolute atomic E-state index is 13.4. The van der Waals surface area contributed by atoms with E-state index in [1.165, 1.54) is 12.1 Å². The lowest BCUT2D eigenvalue weighted by Crippen LogP contribution is -2.02. The zero-order valence-electron chi connectivity index (χ0n) is 12.3. The standard InChI is InChI=1S/C16H18FNO3/c1-19-14-7-6-13(15(20-2)16(14)21-3)12-5-4-11(17)8-10(12)9-18/h4-8H,9,18H2,1-3H3. The molecule has 21 heavy (non-hydrogen) atoms. The van der Waals surface area contributed by atoms with E-state index < -0.39 is 0 Å². The van der Waals surface area contributed by atoms with Gasteiger partial charge in [-0.15, -0.1) is 0 Å². The molecule has 0 unspecified atom stereocenters. The molecule has 2 rings (SSSR count). The highest BCUT2D eigenvalue weighted by molar-refractivity contribution is 5.78. The summed E-state index contributed by atoms with van der Waals surface area (Å²) in [5, 5.41) is 0. The van der Waals surface area contributed by atoms with Gasteiger partial charge >= 0.3 is 0 Å². The third-order valence-electron chi connectivity index (χ3n) is 3.28. The van der Waals surface area contributed by atoms with Gasteiger partial charge < -0.3 is 19.9 Å². The fraction of sp³-hybridized carbons (Fsp3) is 0.250. The molecular formula is C16H18FNO3. The van der Waals surface area contributed by atoms with Crippen LogP contribution in [-0.2, 0) is 6.54 Å². The lowest BCUT2D eigenvalue weighted by molar-refractivity contribution is 0.325. The van der Waals surface area contributed by atoms with Crippen molar-refractivity contribution in [1.29, 1.82) is 0 Å². The Labute approximate surface area is 123 Å². The third kappa shape index (κ3) is 2.78. The van der Waals surface area contributed by atoms with Gasteiger partial charge in [0.2, 0.25) is 5.75 Å². The predicted octanol–water partition coefficient (Wildman–Crippen LogP) is 2.98. The first kappa shape index (κ1) is 15.1. The van der Waals surface area contributed by atoms with E-state index in [2.05, 4.69) is 0 Å². The molecule has 2 N–H and O–H groups in total. The molecule has 0 spiro atoms. The highest BCUT2D eigenvalue weighted by Gasteiger charge is 2.18. The molecule has 5 heteroatoms. The maximum Gasteiger partial charge on any atom is 0.203 e. The van der Waals surface area contributed by atoms with Gasteiger partial charge in [0.05, 0.1) is 21.3 Å². The van der Waals surface area contributed by atoms with E-state index >= 15 is 0 Å². The van der Waals surface area contributed by atoms with Crippen LogP contribution in [0, 0.1) is 5.82 Å². The summed E-state index contributed by atoms with van der Waals surface area (Å²) < 4.78 is 29.4. The summed E-state index contributed by atoms with van der Waals surface area (Å²) in [5.74, 6) is 1.26. The smallest absolute Gasteiger partial charge is 0.203 e. The van der Waals surface area contributed by atoms with Crippen molar-refractivity contribution in [2.75, 3.05) is 21.3 Å². The van der Waals surface area contributed by atoms with Crippen LogP contribution in [0.15, 0.2) is 30.3 Å². The van der Waals surface area contributed by atoms with Crippen LogP contribution < -0.4 is 19.9 Å². The van der Waals surface area contributed by atoms with E-state index in [0.717, 1.165) is 11.1 Å². The summed E-state index contributed by atoms with van der Waals surface area (Å²) in [5.41, 5.74) is 7.98. The molecule has 0 amide bonds. The minimum absolute atomic E-state index is 0.227. The molecule has 0 saturated carbocycles. The van der Waals surface area contributed by atoms with Crippen LogP contribution in [0.2, 0.25) is 0 Å². The number of halogens is 1. The number of ether oxygens (including phenoxy) is 3. The Morgan fingerprint density at radius 2 is 1.57 bits per heavy atom. The molecule has 2 aromatic carbocycles. The molecule has 0 saturated heterocycles. The van der Waals surface area contributed by atoms with E-state index in [9.17, 15) is 4.39 Å². The summed E-state index contributed by atoms with van der Waals surface area (Å²) in [4.78, 5) is 0. The van der Waals surface area contributed by atoms with Crippen LogP contribution in [-0.4, -0.2) is 21.3 Å². The van der Waals surface area contributed by atoms with Gasteiger partial charge in [0.15, 0.2) is 11.5 Å². The first-order chi connectivity index (χ1) is 10.2. The Balaban J connectivity index is 2.69. The molecule has 0 bridgehead atoms. The van der Waals surface area contributed by atoms with Gasteiger partial charge in [0, 0.05) is 12.1 Å². The number of hydrogen-bond donors (Lipinski definition) is 1. The lowest BCUT2D eigenvalue weighted by Gasteiger charge is -2.17. The average Bonchev–Trinajstić information content (AvgIpc) is 2.53. The monoisotopic (exact) mass is 291 g/mol. The molecule has 4 nitrogen and oxygen atoms in total. The van der Waals surface area contributed by atoms with Gasteiger partial charge in [-0.3, -0.25) is 0 Å². The van der Waals surface area contributed by atoms with Gasteiger partial charge in [-0.1, -0.05) is 6.07 Å². The normalized spacial score (nSPS) is 10.3. The molecule has 0 aromatic heterocycles. The van der Waals surface area contributed by atoms with Crippen LogP contribution in [0.3, 0.4) is 0 Å². The highest BCUT2D eigenvalue weighted by atomic mass is 19.1. The van der Waals surface area contributed by atoms with E-state index in [4.69, 9.17) is 19.9 Å². The Morgan fingerprint density at radius 3 is 2.14 bits per heavy atom. The van der Waals surface area contributed by atoms with Crippen LogP contribution in [0.1, 0.15) is 5.56 Å². The van der Waals surface area contributed by atoms with Crippen molar-refractivity contribution in [2.24, 2.45) is 5.73 Å². The third-order valence-corrected chi connectivity index (χ3v) is 3.28. The number of rotatable bonds is 5. The summed E-state index contributed by atoms with van der Waals surface area (Å²) in [6, 6.07) is 8.12. The second-order valence-electron chi connectivity index (χ2n) is 4.39. The van der Waals surface area contributed by atoms with Crippen molar-refractivity contribution >= 4 is 0 Å². The van der Waals surface area contributed by atoms with E-state index in [1.54, 1.807) is 33.5 Å². The quantitative estimate of drug-likeness (QED) is 0.920. The summed E-state index contributed by atoms with van der Waals surface area (Å²) in [6.45, 7) is 0.227. The Hall–Kier alpha value is -2.27. The average molecular weight is 291 g/mol. The molecule has 0 heterocycles. The zero-order valence-corrected chi connectivity index (χ0v) is 12.3. The molecule has 112 valence electrons. The summed E-state index contributed by atoms with van der Waals surface area (Å²) >= 11 is 0. The molecule has 0 fully saturated rings. The summed E-state index contributed by atoms with van der Waals surface area (Å²) in [6.07, 6.45) is 0. The van der Waals surface area contributed by atoms with E-state index in [0.29, 0.717) is 22.8 Å². The van der Waals surface area contributed by atoms with Gasteiger partial charge in [-0.05, 0) is 35.4 Å². The second-order valence-corrected chi connectivity index (χ2v) is 4.39. The van der Waals surface area contributed by atoms with Crippen molar-refractivity contribution < 1.29 is 18.6 Å². The molecule has 0 atom stereocenters. The zero-order chi connectivity index (χ0) is 15.4. The van der Waals surface area contributed by atoms with E-state index in [-0.39, 0.29) is 12.4 Å². The van der Waals surface area contributed by atoms with Gasteiger partial charge in [0.25, 0.3) is 0 Å². The Kier molecular flexibility index (Phi) is 4.65. The van der Waals surface area contributed by atoms with Crippen molar-refractivity contribution in [2.45, 2.75) is 6.54 Å². The van der Waals surface area contributed by atoms with Gasteiger partial charge in [-0.25, -0.2) is 4.39 Å². The maximum atomic E-state index is 13.4. The largest absolute Gasteiger partial charge is 0.493 e. The van der Waals surface area contributed by atoms with Crippen molar-refractivity contribution in [3.05, 3.63) is 41.7 Å². The molecule has 0 aliphatic heterocycles. The fourth-order valence-electron chi connectivity index (χ4n) is 2.31. The van der Waals surface area contributed by atoms with Crippen LogP contribution in [0.4, 0.5) is 4.39 Å². The molecule has 0 aliphatic rings. The minimum atomic E-state index is -0.321. The van der Waals surface area contributed by atoms with Crippen molar-refractivity contribution in [3.8, 4) is 28.4 Å². The number of methoxy groups -OCH3 is 3. The predicted molar refractivity (Wildman–Crippen MR) is 79.4 cm³/mol. The first-order valence-electron chi connectivity index (χ1n) is 6.44. The molecule has 0 aliphatic carbocycles. The molecule has 2 aromatic rings. The van der Waals surface area contributed by atoms with Gasteiger partial charge in [0.1, 0.15) is 5.82 Å². The number of nitrogens with two attached hydrogens (primary N) is 1. The highest BCUT2D eigenvalue weighted by Crippen LogP contribution is 2.44. The Morgan fingerprint density at radius 1 is 0.905 bits per heavy atom. The number of hydrogen-bond acceptors (Lipinski definition) is 4. The molecule has 0 radical (unpaired) electrons. The van der Waals surface area contributed by atoms with Crippen LogP contribution in [0.5, 0.6) is 17.2 Å². The first-order valence-corrected chi connectivity index (χ1v) is 6.44. The van der Waals surface area contributed by atoms with Gasteiger partial charge in [-0.2, -0.15) is 0 Å². The number of benzene rings is 2. The SMILES string of the molecule is COc1ccc(-c2ccc(F)cc2CN)c(OC)c1OC. The van der Waals surface area contributed by atoms with Crippen molar-refractivity contribution in [3.63, 3.8) is 0 Å². The van der Waals surface area contributed by atoms with E-state index in [1.807, 2.05) is 6.07 Å². The second kappa shape index (κ2) is 6.45. The minimum Gasteiger partial charge on any atom is -0.493 e. The molecular weight excluding hydrogens is 273 g/mol. The Bertz CT molecular complexity index is 644. The summed E-state index contributed by atoms with van der Waals surface area (Å²) in [7, 11) is 4.64. The lowest BCUT2D eigenvalue weighted by atomic mass is 9.98. The van der Waals surface area contributed by atoms with Crippen LogP contribution in [0.25, 0.3) is 11.1 Å². The van der Waals surface area contributed by atoms with Crippen LogP contribution >= 0.6 is 0 Å². The fourth-order valence-corrected chi connectivity index (χ4v) is 2.31.